The number of alkyl halides is 12. The summed E-state index contributed by atoms with van der Waals surface area (Å²) in [5, 5.41) is 25.1. The fourth-order valence-electron chi connectivity index (χ4n) is 17.2. The van der Waals surface area contributed by atoms with Gasteiger partial charge in [-0.3, -0.25) is 28.8 Å². The zero-order valence-corrected chi connectivity index (χ0v) is 72.3. The Morgan fingerprint density at radius 3 is 0.902 bits per heavy atom. The number of benzene rings is 10. The highest BCUT2D eigenvalue weighted by Gasteiger charge is 2.68. The van der Waals surface area contributed by atoms with Crippen LogP contribution in [0, 0.1) is 0 Å². The van der Waals surface area contributed by atoms with Crippen LogP contribution in [0.5, 0.6) is 0 Å². The molecule has 10 aromatic carbocycles. The van der Waals surface area contributed by atoms with E-state index in [1.807, 2.05) is 53.4 Å². The lowest BCUT2D eigenvalue weighted by atomic mass is 9.80. The predicted octanol–water partition coefficient (Wildman–Crippen LogP) is 17.4. The van der Waals surface area contributed by atoms with E-state index in [9.17, 15) is 91.7 Å². The molecule has 0 saturated carbocycles. The molecule has 6 amide bonds. The van der Waals surface area contributed by atoms with Crippen LogP contribution in [-0.2, 0) is 91.0 Å². The first kappa shape index (κ1) is 98.1. The summed E-state index contributed by atoms with van der Waals surface area (Å²) in [5.41, 5.74) is 30.9. The van der Waals surface area contributed by atoms with Gasteiger partial charge in [-0.2, -0.15) is 52.7 Å². The molecule has 698 valence electrons. The minimum absolute atomic E-state index is 0. The summed E-state index contributed by atoms with van der Waals surface area (Å²) in [6.07, 6.45) is -12.2. The maximum atomic E-state index is 13.2. The molecule has 2 fully saturated rings. The van der Waals surface area contributed by atoms with Gasteiger partial charge in [-0.15, -0.1) is 0 Å². The second kappa shape index (κ2) is 40.0. The van der Waals surface area contributed by atoms with Crippen LogP contribution >= 0.6 is 0 Å². The third-order valence-electron chi connectivity index (χ3n) is 25.3. The minimum Gasteiger partial charge on any atom is -0.376 e. The van der Waals surface area contributed by atoms with E-state index in [1.54, 1.807) is 73.8 Å². The van der Waals surface area contributed by atoms with Gasteiger partial charge in [0.2, 0.25) is 29.5 Å². The number of amides is 6. The first-order valence-corrected chi connectivity index (χ1v) is 42.8. The first-order chi connectivity index (χ1) is 61.9. The number of carbonyl (C=O) groups is 6. The van der Waals surface area contributed by atoms with E-state index in [0.29, 0.717) is 72.4 Å². The third kappa shape index (κ3) is 22.1. The highest BCUT2D eigenvalue weighted by Crippen LogP contribution is 2.52. The molecule has 17 rings (SSSR count). The number of ether oxygens (including phenoxy) is 1. The molecule has 0 bridgehead atoms. The Kier molecular flexibility index (Phi) is 29.7. The van der Waals surface area contributed by atoms with Gasteiger partial charge in [0.1, 0.15) is 0 Å². The molecule has 7 aliphatic heterocycles. The molecule has 20 nitrogen and oxygen atoms in total. The number of anilines is 5. The molecule has 2 saturated heterocycles. The Morgan fingerprint density at radius 1 is 0.379 bits per heavy atom. The van der Waals surface area contributed by atoms with Crippen LogP contribution in [0.1, 0.15) is 201 Å². The molecule has 4 unspecified atom stereocenters. The Labute approximate surface area is 756 Å². The van der Waals surface area contributed by atoms with E-state index in [-0.39, 0.29) is 61.3 Å². The molecule has 7 heterocycles. The lowest BCUT2D eigenvalue weighted by Gasteiger charge is -2.34. The molecule has 7 aliphatic rings. The average Bonchev–Trinajstić information content (AvgIpc) is 0.935. The topological polar surface area (TPSA) is 296 Å². The number of nitrogens with zero attached hydrogens (tertiary/aromatic N) is 5. The molecular weight excluding hydrogens is 1730 g/mol. The van der Waals surface area contributed by atoms with Crippen LogP contribution in [0.2, 0.25) is 0 Å². The third-order valence-corrected chi connectivity index (χ3v) is 25.3. The number of fused-ring (bicyclic) bond motifs is 5. The highest BCUT2D eigenvalue weighted by molar-refractivity contribution is 5.96. The highest BCUT2D eigenvalue weighted by atomic mass is 19.4. The number of aliphatic hydroxyl groups is 2. The van der Waals surface area contributed by atoms with Crippen LogP contribution in [-0.4, -0.2) is 117 Å². The predicted molar refractivity (Wildman–Crippen MR) is 481 cm³/mol. The van der Waals surface area contributed by atoms with Gasteiger partial charge in [0.15, 0.2) is 16.6 Å². The van der Waals surface area contributed by atoms with Crippen molar-refractivity contribution in [1.82, 2.24) is 10.6 Å². The van der Waals surface area contributed by atoms with Crippen molar-refractivity contribution >= 4 is 63.9 Å². The van der Waals surface area contributed by atoms with Crippen molar-refractivity contribution in [1.29, 1.82) is 0 Å². The lowest BCUT2D eigenvalue weighted by molar-refractivity contribution is -0.297. The summed E-state index contributed by atoms with van der Waals surface area (Å²) >= 11 is 0. The molecule has 0 aromatic heterocycles. The monoisotopic (exact) mass is 1830 g/mol. The number of nitrogens with two attached hydrogens (primary N) is 4. The SMILES string of the molecule is C.CC(O)(c1ccc(CN2CCc3cc(C(N)=O)ccc32)cc1)C(F)(F)F.CC(c1ccc(CN2CCc3cc(C(N)=O)ccc32)cc1)(C(F)(F)F)C(F)(F)F.CNC(=O)c1ccc2c(c1)CCN2Cc1ccc(C(C)(O)C(F)(F)F)cc1.NC(=O)c1ccc2c(c1)CCN2Cc1ccc(C2CCC(=O)N2)cc1.NC(=O)c1ccc2c(c1)CCN2Cc1ccc(C2CCCO2)cc1. The number of hydrogen-bond acceptors (Lipinski definition) is 14. The number of primary amides is 4. The van der Waals surface area contributed by atoms with Crippen LogP contribution in [0.4, 0.5) is 81.1 Å². The van der Waals surface area contributed by atoms with Crippen molar-refractivity contribution < 1.29 is 96.4 Å². The smallest absolute Gasteiger partial charge is 0.376 e. The molecule has 12 N–H and O–H groups in total. The van der Waals surface area contributed by atoms with Crippen LogP contribution < -0.4 is 58.1 Å². The molecule has 32 heteroatoms. The van der Waals surface area contributed by atoms with Gasteiger partial charge < -0.3 is 73.0 Å². The number of carbonyl (C=O) groups excluding carboxylic acids is 6. The Morgan fingerprint density at radius 2 is 0.652 bits per heavy atom. The Balaban J connectivity index is 0.000000149. The van der Waals surface area contributed by atoms with E-state index in [2.05, 4.69) is 78.8 Å². The van der Waals surface area contributed by atoms with Gasteiger partial charge in [0.05, 0.1) is 12.1 Å². The minimum atomic E-state index is -5.47. The summed E-state index contributed by atoms with van der Waals surface area (Å²) in [6, 6.07) is 60.7. The maximum absolute atomic E-state index is 13.2. The van der Waals surface area contributed by atoms with E-state index in [4.69, 9.17) is 27.7 Å². The standard InChI is InChI=1S/C20H18F6N2O.C20H21F3N2O2.C20H21N3O2.C20H22N2O2.C19H19F3N2O2.CH4/c1-18(19(21,22)23,20(24,25)26)15-5-2-12(3-6-15)11-28-9-8-13-10-14(17(27)29)4-7-16(13)28;1-19(27,20(21,22)23)16-6-3-13(4-7-16)12-25-10-9-14-11-15(18(26)24-2)5-8-17(14)25;21-20(25)16-5-7-18-15(11-16)9-10-23(18)12-13-1-3-14(4-2-13)17-6-8-19(24)22-17;21-20(23)17-7-8-18-16(12-17)9-10-22(18)13-14-3-5-15(6-4-14)19-2-1-11-24-19;1-18(26,19(20,21)22)15-5-2-12(3-6-15)11-24-9-8-13-10-14(17(23)25)4-7-16(13)24;/h2-7,10H,8-9,11H2,1H3,(H2,27,29);3-8,11,27H,9-10,12H2,1-2H3,(H,24,26);1-5,7,11,17H,6,8-10,12H2,(H2,21,25)(H,22,24);3-8,12,19H,1-2,9-11,13H2,(H2,21,23);2-7,10,26H,8-9,11H2,1H3,(H2,23,25);1H4. The number of halogens is 12. The van der Waals surface area contributed by atoms with Crippen LogP contribution in [0.3, 0.4) is 0 Å². The summed E-state index contributed by atoms with van der Waals surface area (Å²) in [4.78, 5) is 79.1. The van der Waals surface area contributed by atoms with E-state index in [0.717, 1.165) is 162 Å². The first-order valence-electron chi connectivity index (χ1n) is 42.8. The van der Waals surface area contributed by atoms with Crippen molar-refractivity contribution in [3.8, 4) is 0 Å². The van der Waals surface area contributed by atoms with Gasteiger partial charge in [0, 0.05) is 142 Å². The molecule has 10 aromatic rings. The van der Waals surface area contributed by atoms with Crippen LogP contribution in [0.15, 0.2) is 212 Å². The van der Waals surface area contributed by atoms with Gasteiger partial charge in [-0.25, -0.2) is 0 Å². The summed E-state index contributed by atoms with van der Waals surface area (Å²) in [6.45, 7) is 9.68. The zero-order valence-electron chi connectivity index (χ0n) is 72.3. The van der Waals surface area contributed by atoms with Crippen molar-refractivity contribution in [3.63, 3.8) is 0 Å². The molecule has 0 radical (unpaired) electrons. The maximum Gasteiger partial charge on any atom is 0.421 e. The molecule has 0 spiro atoms. The van der Waals surface area contributed by atoms with Gasteiger partial charge in [-0.1, -0.05) is 129 Å². The number of rotatable bonds is 20. The molecular formula is C100H105F12N11O9. The van der Waals surface area contributed by atoms with E-state index < -0.39 is 58.7 Å². The van der Waals surface area contributed by atoms with Gasteiger partial charge >= 0.3 is 24.7 Å². The zero-order chi connectivity index (χ0) is 94.5. The normalized spacial score (nSPS) is 16.9. The van der Waals surface area contributed by atoms with E-state index >= 15 is 0 Å². The van der Waals surface area contributed by atoms with Crippen molar-refractivity contribution in [3.05, 3.63) is 324 Å². The molecule has 4 atom stereocenters. The summed E-state index contributed by atoms with van der Waals surface area (Å²) in [7, 11) is 1.58. The van der Waals surface area contributed by atoms with Gasteiger partial charge in [-0.05, 0) is 247 Å². The molecule has 132 heavy (non-hydrogen) atoms. The number of hydrogen-bond donors (Lipinski definition) is 8. The van der Waals surface area contributed by atoms with Crippen LogP contribution in [0.25, 0.3) is 0 Å². The van der Waals surface area contributed by atoms with Gasteiger partial charge in [0.25, 0.3) is 5.91 Å². The lowest BCUT2D eigenvalue weighted by Crippen LogP contribution is -2.51. The summed E-state index contributed by atoms with van der Waals surface area (Å²) < 4.78 is 163. The number of nitrogens with one attached hydrogen (secondary N) is 2. The van der Waals surface area contributed by atoms with Crippen molar-refractivity contribution in [2.75, 3.05) is 70.9 Å². The Hall–Kier alpha value is -12.9. The quantitative estimate of drug-likeness (QED) is 0.0329. The molecule has 0 aliphatic carbocycles. The average molecular weight is 1830 g/mol. The largest absolute Gasteiger partial charge is 0.421 e. The second-order valence-electron chi connectivity index (χ2n) is 34.1. The second-order valence-corrected chi connectivity index (χ2v) is 34.1. The fourth-order valence-corrected chi connectivity index (χ4v) is 17.2. The fraction of sp³-hybridized carbons (Fsp3) is 0.340. The van der Waals surface area contributed by atoms with Crippen molar-refractivity contribution in [2.24, 2.45) is 22.9 Å². The Bertz CT molecular complexity index is 5810. The summed E-state index contributed by atoms with van der Waals surface area (Å²) in [5.74, 6) is -1.75. The van der Waals surface area contributed by atoms with Crippen molar-refractivity contribution in [2.45, 2.75) is 172 Å². The van der Waals surface area contributed by atoms with E-state index in [1.165, 1.54) is 81.2 Å².